The molecule has 0 saturated heterocycles. The maximum absolute atomic E-state index is 12.5. The van der Waals surface area contributed by atoms with E-state index in [0.717, 1.165) is 10.8 Å². The van der Waals surface area contributed by atoms with E-state index in [1.807, 2.05) is 48.6 Å². The molecule has 2 aromatic rings. The highest BCUT2D eigenvalue weighted by atomic mass is 16.5. The van der Waals surface area contributed by atoms with Gasteiger partial charge in [0.2, 0.25) is 0 Å². The Labute approximate surface area is 174 Å². The maximum atomic E-state index is 12.5. The topological polar surface area (TPSA) is 77.0 Å². The summed E-state index contributed by atoms with van der Waals surface area (Å²) in [6.45, 7) is 0.333. The number of fused-ring (bicyclic) bond motifs is 2. The molecule has 1 atom stereocenters. The normalized spacial score (nSPS) is 17.9. The third-order valence-electron chi connectivity index (χ3n) is 5.26. The zero-order valence-corrected chi connectivity index (χ0v) is 16.8. The van der Waals surface area contributed by atoms with Gasteiger partial charge in [-0.2, -0.15) is 0 Å². The van der Waals surface area contributed by atoms with E-state index in [1.54, 1.807) is 26.4 Å². The Bertz CT molecular complexity index is 1140. The number of methoxy groups -OCH3 is 2. The van der Waals surface area contributed by atoms with E-state index >= 15 is 0 Å². The number of hydrogen-bond donors (Lipinski definition) is 1. The minimum absolute atomic E-state index is 0.173. The van der Waals surface area contributed by atoms with Crippen LogP contribution in [0, 0.1) is 5.92 Å². The van der Waals surface area contributed by atoms with E-state index in [2.05, 4.69) is 10.3 Å². The zero-order valence-electron chi connectivity index (χ0n) is 16.8. The summed E-state index contributed by atoms with van der Waals surface area (Å²) in [5, 5.41) is 4.98. The fourth-order valence-electron chi connectivity index (χ4n) is 3.68. The average Bonchev–Trinajstić information content (AvgIpc) is 2.78. The second-order valence-electron chi connectivity index (χ2n) is 7.05. The number of nitrogens with one attached hydrogen (secondary N) is 1. The van der Waals surface area contributed by atoms with Crippen LogP contribution in [-0.2, 0) is 14.3 Å². The molecule has 1 aliphatic carbocycles. The lowest BCUT2D eigenvalue weighted by Gasteiger charge is -2.26. The molecule has 0 fully saturated rings. The number of dihydropyridines is 1. The van der Waals surface area contributed by atoms with Gasteiger partial charge in [0.15, 0.2) is 0 Å². The van der Waals surface area contributed by atoms with E-state index in [4.69, 9.17) is 9.47 Å². The number of carbonyl (C=O) groups is 2. The Balaban J connectivity index is 1.43. The zero-order chi connectivity index (χ0) is 21.1. The van der Waals surface area contributed by atoms with Gasteiger partial charge in [-0.05, 0) is 41.5 Å². The lowest BCUT2D eigenvalue weighted by molar-refractivity contribution is -0.114. The van der Waals surface area contributed by atoms with Gasteiger partial charge in [-0.15, -0.1) is 0 Å². The van der Waals surface area contributed by atoms with Crippen LogP contribution in [0.5, 0.6) is 0 Å². The molecule has 0 radical (unpaired) electrons. The molecule has 2 aliphatic rings. The Hall–Kier alpha value is -3.67. The molecule has 0 aromatic heterocycles. The number of nitrogens with zero attached hydrogens (tertiary/aromatic N) is 1. The summed E-state index contributed by atoms with van der Waals surface area (Å²) in [6.07, 6.45) is 5.78. The van der Waals surface area contributed by atoms with Crippen molar-refractivity contribution in [2.24, 2.45) is 10.9 Å². The SMILES string of the molecule is COC1=CC=C(OC)C2C=C(CCNC(=O)c3ccc4ccccc4c3)C(=O)N=C12. The first-order valence-electron chi connectivity index (χ1n) is 9.71. The van der Waals surface area contributed by atoms with E-state index in [-0.39, 0.29) is 17.7 Å². The largest absolute Gasteiger partial charge is 0.500 e. The fourth-order valence-corrected chi connectivity index (χ4v) is 3.68. The van der Waals surface area contributed by atoms with Gasteiger partial charge >= 0.3 is 0 Å². The second-order valence-corrected chi connectivity index (χ2v) is 7.05. The molecule has 30 heavy (non-hydrogen) atoms. The molecular weight excluding hydrogens is 380 g/mol. The number of allylic oxidation sites excluding steroid dienone is 4. The number of benzene rings is 2. The summed E-state index contributed by atoms with van der Waals surface area (Å²) in [5.74, 6) is 0.489. The van der Waals surface area contributed by atoms with Crippen molar-refractivity contribution in [3.05, 3.63) is 83.3 Å². The molecule has 152 valence electrons. The van der Waals surface area contributed by atoms with Gasteiger partial charge in [0, 0.05) is 17.7 Å². The highest BCUT2D eigenvalue weighted by Crippen LogP contribution is 2.30. The van der Waals surface area contributed by atoms with Crippen LogP contribution in [0.15, 0.2) is 82.8 Å². The smallest absolute Gasteiger partial charge is 0.273 e. The van der Waals surface area contributed by atoms with Crippen LogP contribution in [0.1, 0.15) is 16.8 Å². The molecule has 2 amide bonds. The summed E-state index contributed by atoms with van der Waals surface area (Å²) in [7, 11) is 3.13. The van der Waals surface area contributed by atoms with Gasteiger partial charge < -0.3 is 14.8 Å². The van der Waals surface area contributed by atoms with Crippen molar-refractivity contribution in [3.8, 4) is 0 Å². The molecule has 1 unspecified atom stereocenters. The molecule has 6 nitrogen and oxygen atoms in total. The van der Waals surface area contributed by atoms with Crippen molar-refractivity contribution >= 4 is 28.3 Å². The molecule has 6 heteroatoms. The number of amides is 2. The first-order chi connectivity index (χ1) is 14.6. The van der Waals surface area contributed by atoms with Gasteiger partial charge in [0.05, 0.1) is 20.1 Å². The molecule has 1 heterocycles. The molecular formula is C24H22N2O4. The molecule has 1 N–H and O–H groups in total. The van der Waals surface area contributed by atoms with Gasteiger partial charge in [-0.1, -0.05) is 36.4 Å². The Kier molecular flexibility index (Phi) is 5.48. The summed E-state index contributed by atoms with van der Waals surface area (Å²) in [6, 6.07) is 13.5. The number of aliphatic imine (C=N–C) groups is 1. The van der Waals surface area contributed by atoms with Crippen LogP contribution in [0.2, 0.25) is 0 Å². The van der Waals surface area contributed by atoms with Crippen molar-refractivity contribution in [1.82, 2.24) is 5.32 Å². The predicted octanol–water partition coefficient (Wildman–Crippen LogP) is 3.56. The van der Waals surface area contributed by atoms with E-state index < -0.39 is 0 Å². The van der Waals surface area contributed by atoms with Gasteiger partial charge in [-0.3, -0.25) is 9.59 Å². The van der Waals surface area contributed by atoms with Crippen LogP contribution in [0.25, 0.3) is 10.8 Å². The maximum Gasteiger partial charge on any atom is 0.273 e. The van der Waals surface area contributed by atoms with Crippen molar-refractivity contribution in [2.75, 3.05) is 20.8 Å². The highest BCUT2D eigenvalue weighted by molar-refractivity contribution is 6.15. The van der Waals surface area contributed by atoms with Crippen molar-refractivity contribution < 1.29 is 19.1 Å². The Morgan fingerprint density at radius 1 is 1.07 bits per heavy atom. The van der Waals surface area contributed by atoms with Crippen LogP contribution in [0.4, 0.5) is 0 Å². The molecule has 4 rings (SSSR count). The molecule has 0 saturated carbocycles. The second kappa shape index (κ2) is 8.37. The third-order valence-corrected chi connectivity index (χ3v) is 5.26. The molecule has 1 aliphatic heterocycles. The minimum Gasteiger partial charge on any atom is -0.500 e. The highest BCUT2D eigenvalue weighted by Gasteiger charge is 2.32. The lowest BCUT2D eigenvalue weighted by Crippen LogP contribution is -2.30. The van der Waals surface area contributed by atoms with Gasteiger partial charge in [-0.25, -0.2) is 4.99 Å². The quantitative estimate of drug-likeness (QED) is 0.802. The summed E-state index contributed by atoms with van der Waals surface area (Å²) in [5.41, 5.74) is 1.68. The average molecular weight is 402 g/mol. The number of rotatable bonds is 6. The van der Waals surface area contributed by atoms with Gasteiger partial charge in [0.1, 0.15) is 17.2 Å². The van der Waals surface area contributed by atoms with Crippen LogP contribution in [-0.4, -0.2) is 38.3 Å². The predicted molar refractivity (Wildman–Crippen MR) is 115 cm³/mol. The number of carbonyl (C=O) groups excluding carboxylic acids is 2. The van der Waals surface area contributed by atoms with E-state index in [9.17, 15) is 9.59 Å². The molecule has 0 spiro atoms. The Morgan fingerprint density at radius 2 is 1.87 bits per heavy atom. The third kappa shape index (κ3) is 3.76. The first-order valence-corrected chi connectivity index (χ1v) is 9.71. The van der Waals surface area contributed by atoms with Crippen molar-refractivity contribution in [3.63, 3.8) is 0 Å². The summed E-state index contributed by atoms with van der Waals surface area (Å²) < 4.78 is 10.7. The standard InChI is InChI=1S/C24H22N2O4/c1-29-20-9-10-21(30-2)22-19(20)14-18(24(28)26-22)11-12-25-23(27)17-8-7-15-5-3-4-6-16(15)13-17/h3-10,13-14,19H,11-12H2,1-2H3,(H,25,27). The summed E-state index contributed by atoms with van der Waals surface area (Å²) >= 11 is 0. The van der Waals surface area contributed by atoms with Crippen LogP contribution in [0.3, 0.4) is 0 Å². The first kappa shape index (κ1) is 19.6. The van der Waals surface area contributed by atoms with Gasteiger partial charge in [0.25, 0.3) is 11.8 Å². The number of ether oxygens (including phenoxy) is 2. The fraction of sp³-hybridized carbons (Fsp3) is 0.208. The van der Waals surface area contributed by atoms with Crippen molar-refractivity contribution in [1.29, 1.82) is 0 Å². The lowest BCUT2D eigenvalue weighted by atomic mass is 9.89. The molecule has 0 bridgehead atoms. The summed E-state index contributed by atoms with van der Waals surface area (Å²) in [4.78, 5) is 29.2. The van der Waals surface area contributed by atoms with Crippen LogP contribution < -0.4 is 5.32 Å². The van der Waals surface area contributed by atoms with Crippen LogP contribution >= 0.6 is 0 Å². The van der Waals surface area contributed by atoms with Crippen molar-refractivity contribution in [2.45, 2.75) is 6.42 Å². The minimum atomic E-state index is -0.318. The van der Waals surface area contributed by atoms with E-state index in [0.29, 0.717) is 41.3 Å². The monoisotopic (exact) mass is 402 g/mol. The Morgan fingerprint density at radius 3 is 2.63 bits per heavy atom. The van der Waals surface area contributed by atoms with E-state index in [1.165, 1.54) is 0 Å². The number of hydrogen-bond acceptors (Lipinski definition) is 4. The molecule has 2 aromatic carbocycles.